The molecule has 3 N–H and O–H groups in total. The Hall–Kier alpha value is -0.580. The summed E-state index contributed by atoms with van der Waals surface area (Å²) in [5.74, 6) is -0.178. The molecule has 1 rings (SSSR count). The van der Waals surface area contributed by atoms with E-state index >= 15 is 0 Å². The van der Waals surface area contributed by atoms with E-state index in [0.29, 0.717) is 31.1 Å². The van der Waals surface area contributed by atoms with Crippen LogP contribution in [-0.4, -0.2) is 31.2 Å². The Kier molecular flexibility index (Phi) is 3.92. The van der Waals surface area contributed by atoms with E-state index in [2.05, 4.69) is 11.9 Å². The summed E-state index contributed by atoms with van der Waals surface area (Å²) in [5, 5.41) is 3.04. The number of hydrogen-bond donors (Lipinski definition) is 2. The first-order valence-corrected chi connectivity index (χ1v) is 4.90. The van der Waals surface area contributed by atoms with E-state index in [9.17, 15) is 4.79 Å². The van der Waals surface area contributed by atoms with Crippen LogP contribution in [0.15, 0.2) is 11.6 Å². The molecule has 1 aliphatic rings. The highest BCUT2D eigenvalue weighted by Crippen LogP contribution is 2.17. The lowest BCUT2D eigenvalue weighted by molar-refractivity contribution is -0.129. The van der Waals surface area contributed by atoms with E-state index in [1.165, 1.54) is 0 Å². The fourth-order valence-electron chi connectivity index (χ4n) is 1.31. The van der Waals surface area contributed by atoms with Gasteiger partial charge in [0.2, 0.25) is 5.91 Å². The lowest BCUT2D eigenvalue weighted by Gasteiger charge is -2.31. The molecule has 1 saturated heterocycles. The smallest absolute Gasteiger partial charge is 0.240 e. The number of rotatable bonds is 3. The van der Waals surface area contributed by atoms with E-state index in [0.717, 1.165) is 0 Å². The van der Waals surface area contributed by atoms with Crippen LogP contribution in [0.3, 0.4) is 0 Å². The van der Waals surface area contributed by atoms with Crippen LogP contribution >= 0.6 is 11.6 Å². The second kappa shape index (κ2) is 4.77. The van der Waals surface area contributed by atoms with Crippen LogP contribution in [0.2, 0.25) is 0 Å². The summed E-state index contributed by atoms with van der Waals surface area (Å²) in [6, 6.07) is 0. The quantitative estimate of drug-likeness (QED) is 0.719. The molecule has 0 bridgehead atoms. The first-order valence-electron chi connectivity index (χ1n) is 4.53. The summed E-state index contributed by atoms with van der Waals surface area (Å²) in [7, 11) is 0. The van der Waals surface area contributed by atoms with Crippen molar-refractivity contribution in [1.82, 2.24) is 5.32 Å². The Morgan fingerprint density at radius 2 is 2.14 bits per heavy atom. The van der Waals surface area contributed by atoms with Crippen molar-refractivity contribution in [2.75, 3.05) is 19.8 Å². The van der Waals surface area contributed by atoms with Crippen LogP contribution in [0.1, 0.15) is 12.8 Å². The van der Waals surface area contributed by atoms with Gasteiger partial charge in [-0.3, -0.25) is 4.79 Å². The van der Waals surface area contributed by atoms with Gasteiger partial charge in [0.1, 0.15) is 0 Å². The van der Waals surface area contributed by atoms with E-state index < -0.39 is 5.54 Å². The van der Waals surface area contributed by atoms with Gasteiger partial charge in [-0.1, -0.05) is 18.2 Å². The van der Waals surface area contributed by atoms with E-state index in [-0.39, 0.29) is 12.5 Å². The van der Waals surface area contributed by atoms with Gasteiger partial charge >= 0.3 is 0 Å². The van der Waals surface area contributed by atoms with Crippen molar-refractivity contribution in [3.8, 4) is 0 Å². The Morgan fingerprint density at radius 3 is 2.64 bits per heavy atom. The maximum absolute atomic E-state index is 11.6. The van der Waals surface area contributed by atoms with Gasteiger partial charge in [0, 0.05) is 18.2 Å². The van der Waals surface area contributed by atoms with Crippen LogP contribution < -0.4 is 11.1 Å². The topological polar surface area (TPSA) is 64.4 Å². The number of hydrogen-bond acceptors (Lipinski definition) is 3. The first-order chi connectivity index (χ1) is 6.54. The maximum atomic E-state index is 11.6. The monoisotopic (exact) mass is 218 g/mol. The van der Waals surface area contributed by atoms with Crippen molar-refractivity contribution in [1.29, 1.82) is 0 Å². The number of ether oxygens (including phenoxy) is 1. The molecule has 0 aromatic carbocycles. The molecule has 5 heteroatoms. The average Bonchev–Trinajstić information content (AvgIpc) is 2.15. The van der Waals surface area contributed by atoms with Crippen LogP contribution in [0.5, 0.6) is 0 Å². The third-order valence-corrected chi connectivity index (χ3v) is 2.41. The Bertz CT molecular complexity index is 237. The van der Waals surface area contributed by atoms with Crippen molar-refractivity contribution < 1.29 is 9.53 Å². The Balaban J connectivity index is 2.45. The number of carbonyl (C=O) groups excluding carboxylic acids is 1. The highest BCUT2D eigenvalue weighted by molar-refractivity contribution is 6.29. The van der Waals surface area contributed by atoms with Gasteiger partial charge in [0.15, 0.2) is 0 Å². The SMILES string of the molecule is C=C(Cl)CNC(=O)C1(N)CCOCC1. The highest BCUT2D eigenvalue weighted by atomic mass is 35.5. The summed E-state index contributed by atoms with van der Waals surface area (Å²) < 4.78 is 5.14. The second-order valence-electron chi connectivity index (χ2n) is 3.47. The summed E-state index contributed by atoms with van der Waals surface area (Å²) >= 11 is 5.53. The van der Waals surface area contributed by atoms with Gasteiger partial charge < -0.3 is 15.8 Å². The molecule has 0 radical (unpaired) electrons. The van der Waals surface area contributed by atoms with Crippen molar-refractivity contribution in [2.45, 2.75) is 18.4 Å². The standard InChI is InChI=1S/C9H15ClN2O2/c1-7(10)6-12-8(13)9(11)2-4-14-5-3-9/h1-6,11H2,(H,12,13). The lowest BCUT2D eigenvalue weighted by atomic mass is 9.90. The van der Waals surface area contributed by atoms with Crippen LogP contribution in [0.4, 0.5) is 0 Å². The Morgan fingerprint density at radius 1 is 1.57 bits per heavy atom. The third-order valence-electron chi connectivity index (χ3n) is 2.28. The summed E-state index contributed by atoms with van der Waals surface area (Å²) in [6.07, 6.45) is 1.10. The molecule has 0 spiro atoms. The van der Waals surface area contributed by atoms with Crippen molar-refractivity contribution >= 4 is 17.5 Å². The van der Waals surface area contributed by atoms with Crippen LogP contribution in [-0.2, 0) is 9.53 Å². The molecule has 1 amide bonds. The molecule has 14 heavy (non-hydrogen) atoms. The number of amides is 1. The second-order valence-corrected chi connectivity index (χ2v) is 4.00. The van der Waals surface area contributed by atoms with Gasteiger partial charge in [-0.2, -0.15) is 0 Å². The van der Waals surface area contributed by atoms with Crippen molar-refractivity contribution in [3.05, 3.63) is 11.6 Å². The zero-order valence-electron chi connectivity index (χ0n) is 8.01. The zero-order valence-corrected chi connectivity index (χ0v) is 8.77. The maximum Gasteiger partial charge on any atom is 0.240 e. The normalized spacial score (nSPS) is 20.1. The third kappa shape index (κ3) is 2.97. The molecule has 1 aliphatic heterocycles. The predicted octanol–water partition coefficient (Wildman–Crippen LogP) is 0.363. The molecule has 0 saturated carbocycles. The van der Waals surface area contributed by atoms with Gasteiger partial charge in [-0.15, -0.1) is 0 Å². The fourth-order valence-corrected chi connectivity index (χ4v) is 1.38. The lowest BCUT2D eigenvalue weighted by Crippen LogP contribution is -2.57. The average molecular weight is 219 g/mol. The minimum atomic E-state index is -0.801. The van der Waals surface area contributed by atoms with Crippen molar-refractivity contribution in [3.63, 3.8) is 0 Å². The molecule has 0 unspecified atom stereocenters. The molecule has 1 heterocycles. The predicted molar refractivity (Wildman–Crippen MR) is 55.0 cm³/mol. The number of carbonyl (C=O) groups is 1. The van der Waals surface area contributed by atoms with Gasteiger partial charge in [0.05, 0.1) is 12.1 Å². The van der Waals surface area contributed by atoms with E-state index in [4.69, 9.17) is 22.1 Å². The van der Waals surface area contributed by atoms with Crippen LogP contribution in [0, 0.1) is 0 Å². The van der Waals surface area contributed by atoms with Crippen LogP contribution in [0.25, 0.3) is 0 Å². The Labute approximate surface area is 88.4 Å². The molecule has 0 aromatic heterocycles. The fraction of sp³-hybridized carbons (Fsp3) is 0.667. The molecule has 0 aromatic rings. The minimum Gasteiger partial charge on any atom is -0.381 e. The molecule has 1 fully saturated rings. The molecule has 80 valence electrons. The molecular formula is C9H15ClN2O2. The van der Waals surface area contributed by atoms with Crippen molar-refractivity contribution in [2.24, 2.45) is 5.73 Å². The number of halogens is 1. The molecule has 4 nitrogen and oxygen atoms in total. The zero-order chi connectivity index (χ0) is 10.6. The summed E-state index contributed by atoms with van der Waals surface area (Å²) in [4.78, 5) is 11.6. The molecular weight excluding hydrogens is 204 g/mol. The molecule has 0 atom stereocenters. The highest BCUT2D eigenvalue weighted by Gasteiger charge is 2.35. The van der Waals surface area contributed by atoms with E-state index in [1.54, 1.807) is 0 Å². The summed E-state index contributed by atoms with van der Waals surface area (Å²) in [5.41, 5.74) is 5.12. The minimum absolute atomic E-state index is 0.178. The first kappa shape index (κ1) is 11.5. The number of nitrogens with two attached hydrogens (primary N) is 1. The largest absolute Gasteiger partial charge is 0.381 e. The summed E-state index contributed by atoms with van der Waals surface area (Å²) in [6.45, 7) is 4.81. The van der Waals surface area contributed by atoms with Gasteiger partial charge in [-0.25, -0.2) is 0 Å². The number of nitrogens with one attached hydrogen (secondary N) is 1. The van der Waals surface area contributed by atoms with E-state index in [1.807, 2.05) is 0 Å². The molecule has 0 aliphatic carbocycles. The van der Waals surface area contributed by atoms with Gasteiger partial charge in [0.25, 0.3) is 0 Å². The van der Waals surface area contributed by atoms with Gasteiger partial charge in [-0.05, 0) is 12.8 Å².